The van der Waals surface area contributed by atoms with E-state index in [1.165, 1.54) is 0 Å². The first-order valence-electron chi connectivity index (χ1n) is 7.99. The molecule has 2 aromatic carbocycles. The summed E-state index contributed by atoms with van der Waals surface area (Å²) < 4.78 is 1.99. The molecule has 0 radical (unpaired) electrons. The van der Waals surface area contributed by atoms with Gasteiger partial charge in [0.05, 0.1) is 17.6 Å². The molecule has 0 aliphatic rings. The molecule has 1 aromatic heterocycles. The molecule has 24 heavy (non-hydrogen) atoms. The topological polar surface area (TPSA) is 50.2 Å². The number of fused-ring (bicyclic) bond motifs is 1. The third kappa shape index (κ3) is 3.46. The Morgan fingerprint density at radius 3 is 2.58 bits per heavy atom. The van der Waals surface area contributed by atoms with E-state index < -0.39 is 0 Å². The van der Waals surface area contributed by atoms with Crippen LogP contribution >= 0.6 is 0 Å². The van der Waals surface area contributed by atoms with E-state index in [4.69, 9.17) is 0 Å². The lowest BCUT2D eigenvalue weighted by Crippen LogP contribution is -2.22. The summed E-state index contributed by atoms with van der Waals surface area (Å²) in [6, 6.07) is 15.7. The molecule has 5 nitrogen and oxygen atoms in total. The standard InChI is InChI=1S/C19H22N4O/c1-14-8-4-5-9-15(14)21-19(24)13-23-17-11-7-6-10-16(17)20-18(23)12-22(2)3/h4-11H,12-13H2,1-3H3,(H,21,24). The second kappa shape index (κ2) is 6.84. The van der Waals surface area contributed by atoms with Gasteiger partial charge in [0.15, 0.2) is 0 Å². The van der Waals surface area contributed by atoms with E-state index in [0.29, 0.717) is 6.54 Å². The van der Waals surface area contributed by atoms with Crippen molar-refractivity contribution in [2.24, 2.45) is 0 Å². The van der Waals surface area contributed by atoms with Crippen LogP contribution in [0.25, 0.3) is 11.0 Å². The largest absolute Gasteiger partial charge is 0.324 e. The van der Waals surface area contributed by atoms with Crippen LogP contribution in [0, 0.1) is 6.92 Å². The van der Waals surface area contributed by atoms with Gasteiger partial charge in [0, 0.05) is 5.69 Å². The van der Waals surface area contributed by atoms with Crippen molar-refractivity contribution in [2.75, 3.05) is 19.4 Å². The van der Waals surface area contributed by atoms with Gasteiger partial charge in [0.25, 0.3) is 0 Å². The highest BCUT2D eigenvalue weighted by Gasteiger charge is 2.14. The van der Waals surface area contributed by atoms with Crippen LogP contribution in [-0.2, 0) is 17.9 Å². The zero-order valence-corrected chi connectivity index (χ0v) is 14.3. The number of hydrogen-bond donors (Lipinski definition) is 1. The minimum atomic E-state index is -0.0486. The molecule has 3 rings (SSSR count). The van der Waals surface area contributed by atoms with Crippen molar-refractivity contribution < 1.29 is 4.79 Å². The highest BCUT2D eigenvalue weighted by atomic mass is 16.1. The molecule has 0 bridgehead atoms. The third-order valence-corrected chi connectivity index (χ3v) is 3.91. The average Bonchev–Trinajstić information content (AvgIpc) is 2.86. The highest BCUT2D eigenvalue weighted by Crippen LogP contribution is 2.18. The fourth-order valence-electron chi connectivity index (χ4n) is 2.75. The van der Waals surface area contributed by atoms with Crippen LogP contribution in [0.1, 0.15) is 11.4 Å². The van der Waals surface area contributed by atoms with E-state index in [1.807, 2.05) is 74.1 Å². The van der Waals surface area contributed by atoms with Crippen molar-refractivity contribution in [3.8, 4) is 0 Å². The highest BCUT2D eigenvalue weighted by molar-refractivity contribution is 5.92. The maximum absolute atomic E-state index is 12.5. The normalized spacial score (nSPS) is 11.2. The van der Waals surface area contributed by atoms with E-state index in [1.54, 1.807) is 0 Å². The lowest BCUT2D eigenvalue weighted by Gasteiger charge is -2.13. The Kier molecular flexibility index (Phi) is 4.62. The van der Waals surface area contributed by atoms with Gasteiger partial charge in [-0.3, -0.25) is 4.79 Å². The zero-order chi connectivity index (χ0) is 17.1. The molecule has 0 aliphatic heterocycles. The lowest BCUT2D eigenvalue weighted by molar-refractivity contribution is -0.116. The summed E-state index contributed by atoms with van der Waals surface area (Å²) in [7, 11) is 3.99. The molecule has 0 aliphatic carbocycles. The number of hydrogen-bond acceptors (Lipinski definition) is 3. The third-order valence-electron chi connectivity index (χ3n) is 3.91. The molecule has 0 spiro atoms. The summed E-state index contributed by atoms with van der Waals surface area (Å²) in [5.41, 5.74) is 3.79. The van der Waals surface area contributed by atoms with Crippen LogP contribution < -0.4 is 5.32 Å². The van der Waals surface area contributed by atoms with Crippen molar-refractivity contribution in [2.45, 2.75) is 20.0 Å². The van der Waals surface area contributed by atoms with Gasteiger partial charge in [-0.2, -0.15) is 0 Å². The Balaban J connectivity index is 1.88. The van der Waals surface area contributed by atoms with E-state index in [9.17, 15) is 4.79 Å². The SMILES string of the molecule is Cc1ccccc1NC(=O)Cn1c(CN(C)C)nc2ccccc21. The van der Waals surface area contributed by atoms with Crippen LogP contribution in [0.2, 0.25) is 0 Å². The number of aromatic nitrogens is 2. The number of rotatable bonds is 5. The van der Waals surface area contributed by atoms with E-state index in [2.05, 4.69) is 15.2 Å². The fraction of sp³-hybridized carbons (Fsp3) is 0.263. The smallest absolute Gasteiger partial charge is 0.244 e. The summed E-state index contributed by atoms with van der Waals surface area (Å²) in [5, 5.41) is 2.99. The van der Waals surface area contributed by atoms with Gasteiger partial charge in [-0.25, -0.2) is 4.98 Å². The summed E-state index contributed by atoms with van der Waals surface area (Å²) in [6.45, 7) is 2.92. The summed E-state index contributed by atoms with van der Waals surface area (Å²) in [4.78, 5) is 19.3. The number of carbonyl (C=O) groups excluding carboxylic acids is 1. The van der Waals surface area contributed by atoms with Crippen LogP contribution in [0.5, 0.6) is 0 Å². The zero-order valence-electron chi connectivity index (χ0n) is 14.3. The van der Waals surface area contributed by atoms with E-state index >= 15 is 0 Å². The molecule has 1 amide bonds. The average molecular weight is 322 g/mol. The van der Waals surface area contributed by atoms with Crippen LogP contribution in [0.3, 0.4) is 0 Å². The predicted octanol–water partition coefficient (Wildman–Crippen LogP) is 3.05. The molecule has 0 unspecified atom stereocenters. The molecule has 3 aromatic rings. The minimum Gasteiger partial charge on any atom is -0.324 e. The Bertz CT molecular complexity index is 867. The number of anilines is 1. The fourth-order valence-corrected chi connectivity index (χ4v) is 2.75. The first-order valence-corrected chi connectivity index (χ1v) is 7.99. The maximum Gasteiger partial charge on any atom is 0.244 e. The number of para-hydroxylation sites is 3. The first-order chi connectivity index (χ1) is 11.5. The molecule has 0 saturated carbocycles. The van der Waals surface area contributed by atoms with Crippen molar-refractivity contribution in [1.29, 1.82) is 0 Å². The van der Waals surface area contributed by atoms with Gasteiger partial charge >= 0.3 is 0 Å². The van der Waals surface area contributed by atoms with Crippen LogP contribution in [0.15, 0.2) is 48.5 Å². The Morgan fingerprint density at radius 2 is 1.83 bits per heavy atom. The van der Waals surface area contributed by atoms with Crippen molar-refractivity contribution in [3.63, 3.8) is 0 Å². The molecular formula is C19H22N4O. The van der Waals surface area contributed by atoms with Crippen LogP contribution in [-0.4, -0.2) is 34.5 Å². The second-order valence-electron chi connectivity index (χ2n) is 6.20. The summed E-state index contributed by atoms with van der Waals surface area (Å²) in [6.07, 6.45) is 0. The number of carbonyl (C=O) groups is 1. The molecule has 0 saturated heterocycles. The number of benzene rings is 2. The number of nitrogens with one attached hydrogen (secondary N) is 1. The predicted molar refractivity (Wildman–Crippen MR) is 96.9 cm³/mol. The van der Waals surface area contributed by atoms with Gasteiger partial charge < -0.3 is 14.8 Å². The van der Waals surface area contributed by atoms with Gasteiger partial charge in [0.2, 0.25) is 5.91 Å². The van der Waals surface area contributed by atoms with E-state index in [-0.39, 0.29) is 12.5 Å². The molecule has 124 valence electrons. The second-order valence-corrected chi connectivity index (χ2v) is 6.20. The summed E-state index contributed by atoms with van der Waals surface area (Å²) >= 11 is 0. The summed E-state index contributed by atoms with van der Waals surface area (Å²) in [5.74, 6) is 0.841. The number of imidazole rings is 1. The molecule has 5 heteroatoms. The number of amides is 1. The molecule has 0 atom stereocenters. The van der Waals surface area contributed by atoms with Gasteiger partial charge in [-0.1, -0.05) is 30.3 Å². The molecule has 1 heterocycles. The number of nitrogens with zero attached hydrogens (tertiary/aromatic N) is 3. The molecule has 0 fully saturated rings. The Labute approximate surface area is 141 Å². The number of aryl methyl sites for hydroxylation is 1. The van der Waals surface area contributed by atoms with Crippen molar-refractivity contribution in [1.82, 2.24) is 14.5 Å². The Hall–Kier alpha value is -2.66. The lowest BCUT2D eigenvalue weighted by atomic mass is 10.2. The monoisotopic (exact) mass is 322 g/mol. The van der Waals surface area contributed by atoms with Gasteiger partial charge in [-0.15, -0.1) is 0 Å². The van der Waals surface area contributed by atoms with Crippen molar-refractivity contribution >= 4 is 22.6 Å². The Morgan fingerprint density at radius 1 is 1.12 bits per heavy atom. The maximum atomic E-state index is 12.5. The minimum absolute atomic E-state index is 0.0486. The van der Waals surface area contributed by atoms with Gasteiger partial charge in [-0.05, 0) is 44.8 Å². The van der Waals surface area contributed by atoms with E-state index in [0.717, 1.165) is 28.1 Å². The quantitative estimate of drug-likeness (QED) is 0.785. The van der Waals surface area contributed by atoms with Gasteiger partial charge in [0.1, 0.15) is 12.4 Å². The molecule has 1 N–H and O–H groups in total. The van der Waals surface area contributed by atoms with Crippen LogP contribution in [0.4, 0.5) is 5.69 Å². The first kappa shape index (κ1) is 16.2. The van der Waals surface area contributed by atoms with Crippen molar-refractivity contribution in [3.05, 3.63) is 59.9 Å². The molecular weight excluding hydrogens is 300 g/mol.